The first-order valence-corrected chi connectivity index (χ1v) is 5.93. The molecule has 2 heterocycles. The van der Waals surface area contributed by atoms with Gasteiger partial charge in [0.15, 0.2) is 5.65 Å². The van der Waals surface area contributed by atoms with E-state index in [1.165, 1.54) is 6.07 Å². The molecule has 5 heteroatoms. The van der Waals surface area contributed by atoms with Crippen molar-refractivity contribution in [2.24, 2.45) is 0 Å². The van der Waals surface area contributed by atoms with Gasteiger partial charge in [0, 0.05) is 6.20 Å². The summed E-state index contributed by atoms with van der Waals surface area (Å²) in [5, 5.41) is 0. The number of fused-ring (bicyclic) bond motifs is 1. The van der Waals surface area contributed by atoms with Crippen molar-refractivity contribution in [2.75, 3.05) is 5.73 Å². The van der Waals surface area contributed by atoms with Crippen molar-refractivity contribution in [2.45, 2.75) is 13.8 Å². The van der Waals surface area contributed by atoms with Crippen molar-refractivity contribution >= 4 is 17.1 Å². The summed E-state index contributed by atoms with van der Waals surface area (Å²) in [6, 6.07) is 6.74. The highest BCUT2D eigenvalue weighted by Gasteiger charge is 2.12. The standard InChI is InChI=1S/C14H13FN4/c1-8-5-12-13(17-7-8)19(14(16)18-12)10-3-4-11(15)9(2)6-10/h3-7H,1-2H3,(H2,16,18). The second-order valence-corrected chi connectivity index (χ2v) is 4.59. The molecule has 2 N–H and O–H groups in total. The third-order valence-electron chi connectivity index (χ3n) is 3.06. The minimum absolute atomic E-state index is 0.240. The third kappa shape index (κ3) is 1.83. The lowest BCUT2D eigenvalue weighted by Crippen LogP contribution is -2.02. The van der Waals surface area contributed by atoms with E-state index in [-0.39, 0.29) is 5.82 Å². The summed E-state index contributed by atoms with van der Waals surface area (Å²) in [6.45, 7) is 3.66. The van der Waals surface area contributed by atoms with E-state index < -0.39 is 0 Å². The fourth-order valence-electron chi connectivity index (χ4n) is 2.11. The Hall–Kier alpha value is -2.43. The number of nitrogen functional groups attached to an aromatic ring is 1. The Labute approximate surface area is 109 Å². The molecule has 0 aliphatic rings. The van der Waals surface area contributed by atoms with Gasteiger partial charge in [0.1, 0.15) is 11.3 Å². The highest BCUT2D eigenvalue weighted by molar-refractivity contribution is 5.77. The minimum Gasteiger partial charge on any atom is -0.369 e. The van der Waals surface area contributed by atoms with Crippen molar-refractivity contribution in [3.8, 4) is 5.69 Å². The smallest absolute Gasteiger partial charge is 0.207 e. The molecule has 0 radical (unpaired) electrons. The first-order chi connectivity index (χ1) is 9.06. The first-order valence-electron chi connectivity index (χ1n) is 5.93. The van der Waals surface area contributed by atoms with Crippen LogP contribution in [0.3, 0.4) is 0 Å². The van der Waals surface area contributed by atoms with Gasteiger partial charge in [0.05, 0.1) is 5.69 Å². The molecule has 3 aromatic rings. The molecule has 0 spiro atoms. The number of nitrogens with two attached hydrogens (primary N) is 1. The van der Waals surface area contributed by atoms with E-state index >= 15 is 0 Å². The van der Waals surface area contributed by atoms with Crippen LogP contribution in [0.4, 0.5) is 10.3 Å². The number of hydrogen-bond donors (Lipinski definition) is 1. The second-order valence-electron chi connectivity index (χ2n) is 4.59. The van der Waals surface area contributed by atoms with E-state index in [2.05, 4.69) is 9.97 Å². The lowest BCUT2D eigenvalue weighted by atomic mass is 10.2. The van der Waals surface area contributed by atoms with Gasteiger partial charge in [-0.2, -0.15) is 0 Å². The normalized spacial score (nSPS) is 11.1. The summed E-state index contributed by atoms with van der Waals surface area (Å²) < 4.78 is 15.1. The predicted octanol–water partition coefficient (Wildman–Crippen LogP) is 2.76. The fraction of sp³-hybridized carbons (Fsp3) is 0.143. The van der Waals surface area contributed by atoms with Gasteiger partial charge in [0.25, 0.3) is 0 Å². The summed E-state index contributed by atoms with van der Waals surface area (Å²) in [5.41, 5.74) is 9.69. The molecule has 96 valence electrons. The molecule has 0 bridgehead atoms. The molecular formula is C14H13FN4. The molecule has 1 aromatic carbocycles. The average molecular weight is 256 g/mol. The van der Waals surface area contributed by atoms with E-state index in [1.807, 2.05) is 13.0 Å². The summed E-state index contributed by atoms with van der Waals surface area (Å²) >= 11 is 0. The number of anilines is 1. The number of benzene rings is 1. The Balaban J connectivity index is 2.29. The number of imidazole rings is 1. The van der Waals surface area contributed by atoms with E-state index in [0.717, 1.165) is 16.8 Å². The quantitative estimate of drug-likeness (QED) is 0.728. The lowest BCUT2D eigenvalue weighted by Gasteiger charge is -2.07. The molecule has 0 saturated heterocycles. The van der Waals surface area contributed by atoms with Gasteiger partial charge < -0.3 is 5.73 Å². The first kappa shape index (κ1) is 11.6. The van der Waals surface area contributed by atoms with Crippen LogP contribution in [0.5, 0.6) is 0 Å². The van der Waals surface area contributed by atoms with Gasteiger partial charge in [-0.15, -0.1) is 0 Å². The van der Waals surface area contributed by atoms with Crippen molar-refractivity contribution in [1.29, 1.82) is 0 Å². The zero-order chi connectivity index (χ0) is 13.6. The van der Waals surface area contributed by atoms with Crippen molar-refractivity contribution in [1.82, 2.24) is 14.5 Å². The van der Waals surface area contributed by atoms with Crippen LogP contribution in [-0.4, -0.2) is 14.5 Å². The third-order valence-corrected chi connectivity index (χ3v) is 3.06. The molecule has 19 heavy (non-hydrogen) atoms. The highest BCUT2D eigenvalue weighted by Crippen LogP contribution is 2.23. The van der Waals surface area contributed by atoms with Gasteiger partial charge in [0.2, 0.25) is 5.95 Å². The van der Waals surface area contributed by atoms with Crippen LogP contribution in [-0.2, 0) is 0 Å². The van der Waals surface area contributed by atoms with Crippen LogP contribution < -0.4 is 5.73 Å². The Morgan fingerprint density at radius 1 is 1.21 bits per heavy atom. The monoisotopic (exact) mass is 256 g/mol. The van der Waals surface area contributed by atoms with Crippen LogP contribution in [0.15, 0.2) is 30.5 Å². The number of aromatic nitrogens is 3. The number of nitrogens with zero attached hydrogens (tertiary/aromatic N) is 3. The minimum atomic E-state index is -0.240. The summed E-state index contributed by atoms with van der Waals surface area (Å²) in [7, 11) is 0. The highest BCUT2D eigenvalue weighted by atomic mass is 19.1. The molecule has 3 rings (SSSR count). The van der Waals surface area contributed by atoms with Crippen LogP contribution in [0.25, 0.3) is 16.9 Å². The molecule has 0 unspecified atom stereocenters. The maximum absolute atomic E-state index is 13.3. The zero-order valence-corrected chi connectivity index (χ0v) is 10.7. The number of rotatable bonds is 1. The number of aryl methyl sites for hydroxylation is 2. The van der Waals surface area contributed by atoms with Crippen molar-refractivity contribution in [3.63, 3.8) is 0 Å². The van der Waals surface area contributed by atoms with E-state index in [4.69, 9.17) is 5.73 Å². The second kappa shape index (κ2) is 4.05. The van der Waals surface area contributed by atoms with Crippen LogP contribution in [0.2, 0.25) is 0 Å². The fourth-order valence-corrected chi connectivity index (χ4v) is 2.11. The molecule has 4 nitrogen and oxygen atoms in total. The largest absolute Gasteiger partial charge is 0.369 e. The molecule has 0 fully saturated rings. The van der Waals surface area contributed by atoms with Gasteiger partial charge in [-0.25, -0.2) is 14.4 Å². The molecule has 0 amide bonds. The van der Waals surface area contributed by atoms with Crippen molar-refractivity contribution in [3.05, 3.63) is 47.4 Å². The molecule has 2 aromatic heterocycles. The Morgan fingerprint density at radius 2 is 2.00 bits per heavy atom. The molecule has 0 aliphatic heterocycles. The van der Waals surface area contributed by atoms with Crippen LogP contribution in [0, 0.1) is 19.7 Å². The average Bonchev–Trinajstić information content (AvgIpc) is 2.68. The van der Waals surface area contributed by atoms with Gasteiger partial charge in [-0.1, -0.05) is 0 Å². The Kier molecular flexibility index (Phi) is 2.48. The topological polar surface area (TPSA) is 56.7 Å². The maximum atomic E-state index is 13.3. The van der Waals surface area contributed by atoms with E-state index in [1.54, 1.807) is 29.8 Å². The molecule has 0 aliphatic carbocycles. The Morgan fingerprint density at radius 3 is 2.74 bits per heavy atom. The SMILES string of the molecule is Cc1cnc2c(c1)nc(N)n2-c1ccc(F)c(C)c1. The van der Waals surface area contributed by atoms with Gasteiger partial charge in [-0.3, -0.25) is 4.57 Å². The predicted molar refractivity (Wildman–Crippen MR) is 72.7 cm³/mol. The summed E-state index contributed by atoms with van der Waals surface area (Å²) in [5.74, 6) is 0.106. The van der Waals surface area contributed by atoms with Gasteiger partial charge in [-0.05, 0) is 49.2 Å². The number of pyridine rings is 1. The van der Waals surface area contributed by atoms with Crippen LogP contribution in [0.1, 0.15) is 11.1 Å². The van der Waals surface area contributed by atoms with E-state index in [0.29, 0.717) is 17.2 Å². The molecule has 0 atom stereocenters. The van der Waals surface area contributed by atoms with Crippen molar-refractivity contribution < 1.29 is 4.39 Å². The van der Waals surface area contributed by atoms with E-state index in [9.17, 15) is 4.39 Å². The maximum Gasteiger partial charge on any atom is 0.207 e. The van der Waals surface area contributed by atoms with Gasteiger partial charge >= 0.3 is 0 Å². The Bertz CT molecular complexity index is 776. The molecular weight excluding hydrogens is 243 g/mol. The summed E-state index contributed by atoms with van der Waals surface area (Å²) in [6.07, 6.45) is 1.76. The molecule has 0 saturated carbocycles. The lowest BCUT2D eigenvalue weighted by molar-refractivity contribution is 0.618. The number of hydrogen-bond acceptors (Lipinski definition) is 3. The number of halogens is 1. The summed E-state index contributed by atoms with van der Waals surface area (Å²) in [4.78, 5) is 8.64. The van der Waals surface area contributed by atoms with Crippen LogP contribution >= 0.6 is 0 Å². The zero-order valence-electron chi connectivity index (χ0n) is 10.7.